The molecule has 0 spiro atoms. The number of hydrogen-bond donors (Lipinski definition) is 0. The van der Waals surface area contributed by atoms with Crippen LogP contribution >= 0.6 is 0 Å². The number of rotatable bonds is 5. The summed E-state index contributed by atoms with van der Waals surface area (Å²) in [4.78, 5) is 13.7. The van der Waals surface area contributed by atoms with Gasteiger partial charge in [-0.05, 0) is 17.7 Å². The number of hydrogen-bond acceptors (Lipinski definition) is 3. The monoisotopic (exact) mass is 335 g/mol. The number of nitrogens with zero attached hydrogens (tertiary/aromatic N) is 1. The summed E-state index contributed by atoms with van der Waals surface area (Å²) >= 11 is 0. The fourth-order valence-corrected chi connectivity index (χ4v) is 3.86. The fourth-order valence-electron chi connectivity index (χ4n) is 2.46. The quantitative estimate of drug-likeness (QED) is 0.771. The van der Waals surface area contributed by atoms with Crippen LogP contribution in [0.3, 0.4) is 0 Å². The van der Waals surface area contributed by atoms with Crippen molar-refractivity contribution < 1.29 is 17.6 Å². The van der Waals surface area contributed by atoms with Gasteiger partial charge in [-0.15, -0.1) is 6.42 Å². The molecule has 0 saturated carbocycles. The van der Waals surface area contributed by atoms with Crippen LogP contribution in [0.5, 0.6) is 0 Å². The molecule has 1 aliphatic heterocycles. The minimum absolute atomic E-state index is 0.0364. The Morgan fingerprint density at radius 3 is 2.61 bits per heavy atom. The normalized spacial score (nSPS) is 20.0. The number of benzene rings is 1. The lowest BCUT2D eigenvalue weighted by Gasteiger charge is -2.25. The van der Waals surface area contributed by atoms with Crippen molar-refractivity contribution in [2.75, 3.05) is 12.8 Å². The second-order valence-electron chi connectivity index (χ2n) is 5.64. The summed E-state index contributed by atoms with van der Waals surface area (Å²) < 4.78 is 35.7. The summed E-state index contributed by atoms with van der Waals surface area (Å²) in [6, 6.07) is 5.49. The molecule has 6 heteroatoms. The van der Waals surface area contributed by atoms with Crippen LogP contribution in [-0.2, 0) is 21.1 Å². The molecule has 2 rings (SSSR count). The van der Waals surface area contributed by atoms with E-state index in [1.54, 1.807) is 25.3 Å². The SMILES string of the molecule is C#CC(Cc1ccc(F)cc1)N(C)C(=O)CC1C=CS(=O)(=O)C1. The molecule has 1 aromatic rings. The Hall–Kier alpha value is -2.13. The summed E-state index contributed by atoms with van der Waals surface area (Å²) in [5, 5.41) is 1.15. The predicted molar refractivity (Wildman–Crippen MR) is 86.5 cm³/mol. The molecule has 0 radical (unpaired) electrons. The van der Waals surface area contributed by atoms with Crippen LogP contribution in [0.4, 0.5) is 4.39 Å². The van der Waals surface area contributed by atoms with Gasteiger partial charge in [-0.25, -0.2) is 12.8 Å². The Kier molecular flexibility index (Phi) is 5.22. The molecular weight excluding hydrogens is 317 g/mol. The molecule has 2 atom stereocenters. The number of amides is 1. The zero-order valence-corrected chi connectivity index (χ0v) is 13.6. The van der Waals surface area contributed by atoms with Gasteiger partial charge >= 0.3 is 0 Å². The first-order valence-electron chi connectivity index (χ1n) is 7.18. The largest absolute Gasteiger partial charge is 0.332 e. The van der Waals surface area contributed by atoms with Crippen LogP contribution in [0.25, 0.3) is 0 Å². The topological polar surface area (TPSA) is 54.5 Å². The Morgan fingerprint density at radius 1 is 1.43 bits per heavy atom. The molecular formula is C17H18FNO3S. The Balaban J connectivity index is 1.98. The molecule has 0 bridgehead atoms. The average Bonchev–Trinajstić information content (AvgIpc) is 2.84. The first-order valence-corrected chi connectivity index (χ1v) is 8.89. The van der Waals surface area contributed by atoms with Crippen molar-refractivity contribution in [3.05, 3.63) is 47.1 Å². The Labute approximate surface area is 135 Å². The van der Waals surface area contributed by atoms with Crippen molar-refractivity contribution >= 4 is 15.7 Å². The zero-order chi connectivity index (χ0) is 17.0. The highest BCUT2D eigenvalue weighted by Gasteiger charge is 2.27. The third kappa shape index (κ3) is 4.67. The number of allylic oxidation sites excluding steroid dienone is 1. The van der Waals surface area contributed by atoms with Gasteiger partial charge < -0.3 is 4.90 Å². The maximum atomic E-state index is 12.9. The molecule has 122 valence electrons. The van der Waals surface area contributed by atoms with Crippen LogP contribution in [0.15, 0.2) is 35.7 Å². The maximum absolute atomic E-state index is 12.9. The highest BCUT2D eigenvalue weighted by molar-refractivity contribution is 7.94. The van der Waals surface area contributed by atoms with Gasteiger partial charge in [0.15, 0.2) is 9.84 Å². The maximum Gasteiger partial charge on any atom is 0.223 e. The lowest BCUT2D eigenvalue weighted by atomic mass is 10.0. The van der Waals surface area contributed by atoms with Gasteiger partial charge in [0.25, 0.3) is 0 Å². The van der Waals surface area contributed by atoms with Gasteiger partial charge in [-0.1, -0.05) is 24.1 Å². The molecule has 0 aliphatic carbocycles. The van der Waals surface area contributed by atoms with E-state index in [1.165, 1.54) is 17.0 Å². The minimum Gasteiger partial charge on any atom is -0.332 e. The first-order chi connectivity index (χ1) is 10.8. The molecule has 1 amide bonds. The summed E-state index contributed by atoms with van der Waals surface area (Å²) in [5.41, 5.74) is 0.831. The molecule has 0 aromatic heterocycles. The van der Waals surface area contributed by atoms with Crippen LogP contribution in [0, 0.1) is 24.1 Å². The van der Waals surface area contributed by atoms with Crippen molar-refractivity contribution in [2.45, 2.75) is 18.9 Å². The smallest absolute Gasteiger partial charge is 0.223 e. The summed E-state index contributed by atoms with van der Waals surface area (Å²) in [5.74, 6) is 1.68. The summed E-state index contributed by atoms with van der Waals surface area (Å²) in [6.45, 7) is 0. The Morgan fingerprint density at radius 2 is 2.09 bits per heavy atom. The lowest BCUT2D eigenvalue weighted by Crippen LogP contribution is -2.38. The third-order valence-electron chi connectivity index (χ3n) is 3.84. The van der Waals surface area contributed by atoms with Gasteiger partial charge in [0.2, 0.25) is 5.91 Å². The van der Waals surface area contributed by atoms with E-state index in [4.69, 9.17) is 6.42 Å². The van der Waals surface area contributed by atoms with E-state index in [2.05, 4.69) is 5.92 Å². The van der Waals surface area contributed by atoms with Crippen molar-refractivity contribution in [1.82, 2.24) is 4.90 Å². The molecule has 1 heterocycles. The zero-order valence-electron chi connectivity index (χ0n) is 12.8. The minimum atomic E-state index is -3.17. The Bertz CT molecular complexity index is 747. The van der Waals surface area contributed by atoms with Crippen molar-refractivity contribution in [2.24, 2.45) is 5.92 Å². The second-order valence-corrected chi connectivity index (χ2v) is 7.57. The highest BCUT2D eigenvalue weighted by atomic mass is 32.2. The molecule has 1 aliphatic rings. The number of terminal acetylenes is 1. The molecule has 2 unspecified atom stereocenters. The lowest BCUT2D eigenvalue weighted by molar-refractivity contribution is -0.131. The van der Waals surface area contributed by atoms with Crippen LogP contribution in [-0.4, -0.2) is 38.1 Å². The average molecular weight is 335 g/mol. The van der Waals surface area contributed by atoms with Crippen LogP contribution in [0.1, 0.15) is 12.0 Å². The standard InChI is InChI=1S/C17H18FNO3S/c1-3-16(10-13-4-6-15(18)7-5-13)19(2)17(20)11-14-8-9-23(21,22)12-14/h1,4-9,14,16H,10-12H2,2H3. The predicted octanol–water partition coefficient (Wildman–Crippen LogP) is 1.78. The molecule has 0 fully saturated rings. The van der Waals surface area contributed by atoms with E-state index in [1.807, 2.05) is 0 Å². The van der Waals surface area contributed by atoms with Crippen molar-refractivity contribution in [3.63, 3.8) is 0 Å². The van der Waals surface area contributed by atoms with E-state index in [9.17, 15) is 17.6 Å². The van der Waals surface area contributed by atoms with E-state index < -0.39 is 15.9 Å². The number of carbonyl (C=O) groups excluding carboxylic acids is 1. The summed E-state index contributed by atoms with van der Waals surface area (Å²) in [7, 11) is -1.57. The molecule has 0 N–H and O–H groups in total. The number of carbonyl (C=O) groups is 1. The van der Waals surface area contributed by atoms with Crippen LogP contribution < -0.4 is 0 Å². The van der Waals surface area contributed by atoms with Crippen molar-refractivity contribution in [1.29, 1.82) is 0 Å². The van der Waals surface area contributed by atoms with Gasteiger partial charge in [-0.2, -0.15) is 0 Å². The van der Waals surface area contributed by atoms with Crippen molar-refractivity contribution in [3.8, 4) is 12.3 Å². The number of likely N-dealkylation sites (N-methyl/N-ethyl adjacent to an activating group) is 1. The van der Waals surface area contributed by atoms with Crippen LogP contribution in [0.2, 0.25) is 0 Å². The van der Waals surface area contributed by atoms with Gasteiger partial charge in [0, 0.05) is 31.2 Å². The van der Waals surface area contributed by atoms with Gasteiger partial charge in [0.1, 0.15) is 5.82 Å². The molecule has 0 saturated heterocycles. The fraction of sp³-hybridized carbons (Fsp3) is 0.353. The van der Waals surface area contributed by atoms with E-state index in [0.717, 1.165) is 11.0 Å². The molecule has 4 nitrogen and oxygen atoms in total. The third-order valence-corrected chi connectivity index (χ3v) is 5.30. The highest BCUT2D eigenvalue weighted by Crippen LogP contribution is 2.20. The second kappa shape index (κ2) is 6.97. The van der Waals surface area contributed by atoms with E-state index in [-0.39, 0.29) is 29.8 Å². The number of sulfone groups is 1. The van der Waals surface area contributed by atoms with Gasteiger partial charge in [0.05, 0.1) is 11.8 Å². The molecule has 1 aromatic carbocycles. The molecule has 23 heavy (non-hydrogen) atoms. The summed E-state index contributed by atoms with van der Waals surface area (Å²) in [6.07, 6.45) is 7.58. The van der Waals surface area contributed by atoms with E-state index in [0.29, 0.717) is 6.42 Å². The number of halogens is 1. The van der Waals surface area contributed by atoms with E-state index >= 15 is 0 Å². The first kappa shape index (κ1) is 17.2. The van der Waals surface area contributed by atoms with Gasteiger partial charge in [-0.3, -0.25) is 4.79 Å².